The lowest BCUT2D eigenvalue weighted by Crippen LogP contribution is -2.40. The van der Waals surface area contributed by atoms with Crippen molar-refractivity contribution in [2.24, 2.45) is 4.99 Å². The van der Waals surface area contributed by atoms with E-state index in [4.69, 9.17) is 40.0 Å². The summed E-state index contributed by atoms with van der Waals surface area (Å²) >= 11 is 7.85. The smallest absolute Gasteiger partial charge is 0.343 e. The van der Waals surface area contributed by atoms with Crippen molar-refractivity contribution in [3.63, 3.8) is 0 Å². The Morgan fingerprint density at radius 1 is 0.870 bits per heavy atom. The molecule has 4 aromatic rings. The average molecular weight is 779 g/mol. The standard InChI is InChI=1S/C39H39ClN2O11S/c1-7-49-29-19-26(14-15-28(29)52-21-32(43)48-6)34-33(38(46)51-9-3)22(4)41-39-42(34)36(44)31(54-39)18-24-16-27(40)35(30(17-24)47-5)53-20-23-10-12-25(13-11-23)37(45)50-8-2/h10-19,34H,7-9,20-21H2,1-6H3/b31-18+/t34-/m0/s1. The Hall–Kier alpha value is -5.60. The monoisotopic (exact) mass is 778 g/mol. The topological polar surface area (TPSA) is 150 Å². The minimum absolute atomic E-state index is 0.112. The van der Waals surface area contributed by atoms with Crippen molar-refractivity contribution in [1.82, 2.24) is 4.57 Å². The summed E-state index contributed by atoms with van der Waals surface area (Å²) in [4.78, 5) is 56.5. The zero-order chi connectivity index (χ0) is 38.9. The van der Waals surface area contributed by atoms with Gasteiger partial charge in [0.05, 0.1) is 66.5 Å². The Balaban J connectivity index is 1.52. The van der Waals surface area contributed by atoms with Gasteiger partial charge >= 0.3 is 17.9 Å². The minimum atomic E-state index is -0.934. The number of hydrogen-bond acceptors (Lipinski definition) is 13. The summed E-state index contributed by atoms with van der Waals surface area (Å²) in [5, 5.41) is 0.243. The van der Waals surface area contributed by atoms with Crippen LogP contribution in [0.25, 0.3) is 6.08 Å². The number of aromatic nitrogens is 1. The molecule has 0 aliphatic carbocycles. The summed E-state index contributed by atoms with van der Waals surface area (Å²) in [6.07, 6.45) is 1.66. The van der Waals surface area contributed by atoms with Crippen molar-refractivity contribution in [3.8, 4) is 23.0 Å². The number of carbonyl (C=O) groups excluding carboxylic acids is 3. The van der Waals surface area contributed by atoms with E-state index in [2.05, 4.69) is 9.73 Å². The summed E-state index contributed by atoms with van der Waals surface area (Å²) in [6, 6.07) is 14.2. The van der Waals surface area contributed by atoms with Gasteiger partial charge in [-0.2, -0.15) is 0 Å². The number of benzene rings is 3. The van der Waals surface area contributed by atoms with Gasteiger partial charge in [0, 0.05) is 0 Å². The quantitative estimate of drug-likeness (QED) is 0.116. The lowest BCUT2D eigenvalue weighted by atomic mass is 9.95. The fraction of sp³-hybridized carbons (Fsp3) is 0.308. The van der Waals surface area contributed by atoms with Crippen molar-refractivity contribution >= 4 is 46.9 Å². The van der Waals surface area contributed by atoms with Gasteiger partial charge < -0.3 is 33.2 Å². The molecule has 0 radical (unpaired) electrons. The predicted molar refractivity (Wildman–Crippen MR) is 200 cm³/mol. The van der Waals surface area contributed by atoms with E-state index in [-0.39, 0.29) is 49.4 Å². The van der Waals surface area contributed by atoms with Gasteiger partial charge in [-0.3, -0.25) is 9.36 Å². The SMILES string of the molecule is CCOC(=O)C1=C(C)N=c2s/c(=C/c3cc(Cl)c(OCc4ccc(C(=O)OCC)cc4)c(OC)c3)c(=O)n2[C@H]1c1ccc(OCC(=O)OC)c(OCC)c1. The van der Waals surface area contributed by atoms with E-state index in [1.54, 1.807) is 88.4 Å². The van der Waals surface area contributed by atoms with Crippen molar-refractivity contribution < 1.29 is 47.5 Å². The number of allylic oxidation sites excluding steroid dienone is 1. The van der Waals surface area contributed by atoms with E-state index in [0.717, 1.165) is 16.9 Å². The van der Waals surface area contributed by atoms with E-state index in [1.807, 2.05) is 0 Å². The van der Waals surface area contributed by atoms with Gasteiger partial charge in [-0.1, -0.05) is 41.1 Å². The molecule has 0 saturated heterocycles. The molecule has 0 unspecified atom stereocenters. The van der Waals surface area contributed by atoms with Crippen LogP contribution in [-0.4, -0.2) is 63.1 Å². The minimum Gasteiger partial charge on any atom is -0.493 e. The van der Waals surface area contributed by atoms with Crippen LogP contribution < -0.4 is 33.8 Å². The molecule has 5 rings (SSSR count). The summed E-state index contributed by atoms with van der Waals surface area (Å²) in [5.41, 5.74) is 2.45. The van der Waals surface area contributed by atoms with Gasteiger partial charge in [-0.15, -0.1) is 0 Å². The second-order valence-electron chi connectivity index (χ2n) is 11.5. The number of esters is 3. The highest BCUT2D eigenvalue weighted by Gasteiger charge is 2.34. The van der Waals surface area contributed by atoms with Gasteiger partial charge in [0.15, 0.2) is 34.4 Å². The molecule has 0 saturated carbocycles. The van der Waals surface area contributed by atoms with E-state index in [1.165, 1.54) is 18.8 Å². The third kappa shape index (κ3) is 8.77. The first-order valence-corrected chi connectivity index (χ1v) is 18.1. The highest BCUT2D eigenvalue weighted by molar-refractivity contribution is 7.07. The summed E-state index contributed by atoms with van der Waals surface area (Å²) in [6.45, 7) is 7.39. The molecule has 1 aromatic heterocycles. The highest BCUT2D eigenvalue weighted by Crippen LogP contribution is 2.38. The molecular weight excluding hydrogens is 740 g/mol. The van der Waals surface area contributed by atoms with E-state index in [9.17, 15) is 19.2 Å². The van der Waals surface area contributed by atoms with Crippen LogP contribution in [0.5, 0.6) is 23.0 Å². The van der Waals surface area contributed by atoms with Crippen LogP contribution in [0, 0.1) is 0 Å². The zero-order valence-corrected chi connectivity index (χ0v) is 32.1. The average Bonchev–Trinajstić information content (AvgIpc) is 3.46. The maximum Gasteiger partial charge on any atom is 0.343 e. The van der Waals surface area contributed by atoms with E-state index < -0.39 is 29.5 Å². The van der Waals surface area contributed by atoms with Crippen molar-refractivity contribution in [1.29, 1.82) is 0 Å². The molecule has 2 heterocycles. The first-order chi connectivity index (χ1) is 26.0. The second kappa shape index (κ2) is 18.0. The number of thiazole rings is 1. The highest BCUT2D eigenvalue weighted by atomic mass is 35.5. The number of hydrogen-bond donors (Lipinski definition) is 0. The molecule has 284 valence electrons. The van der Waals surface area contributed by atoms with Crippen LogP contribution in [-0.2, 0) is 30.4 Å². The number of ether oxygens (including phenoxy) is 7. The van der Waals surface area contributed by atoms with Crippen LogP contribution in [0.2, 0.25) is 5.02 Å². The molecule has 1 aliphatic heterocycles. The third-order valence-electron chi connectivity index (χ3n) is 8.07. The Labute approximate surface area is 319 Å². The molecule has 1 aliphatic rings. The molecule has 1 atom stereocenters. The third-order valence-corrected chi connectivity index (χ3v) is 9.34. The number of rotatable bonds is 15. The van der Waals surface area contributed by atoms with Gasteiger partial charge in [0.2, 0.25) is 0 Å². The molecule has 0 amide bonds. The first-order valence-electron chi connectivity index (χ1n) is 17.0. The molecule has 13 nitrogen and oxygen atoms in total. The van der Waals surface area contributed by atoms with Gasteiger partial charge in [-0.05, 0) is 86.9 Å². The molecule has 3 aromatic carbocycles. The number of halogens is 1. The number of carbonyl (C=O) groups is 3. The maximum absolute atomic E-state index is 14.3. The number of fused-ring (bicyclic) bond motifs is 1. The van der Waals surface area contributed by atoms with Gasteiger partial charge in [0.25, 0.3) is 5.56 Å². The van der Waals surface area contributed by atoms with Crippen LogP contribution in [0.3, 0.4) is 0 Å². The molecule has 0 N–H and O–H groups in total. The summed E-state index contributed by atoms with van der Waals surface area (Å²) in [7, 11) is 2.74. The molecule has 0 fully saturated rings. The molecule has 15 heteroatoms. The Bertz CT molecular complexity index is 2260. The number of nitrogens with zero attached hydrogens (tertiary/aromatic N) is 2. The second-order valence-corrected chi connectivity index (χ2v) is 13.0. The van der Waals surface area contributed by atoms with Gasteiger partial charge in [-0.25, -0.2) is 19.4 Å². The van der Waals surface area contributed by atoms with Crippen LogP contribution >= 0.6 is 22.9 Å². The van der Waals surface area contributed by atoms with Crippen LogP contribution in [0.4, 0.5) is 0 Å². The fourth-order valence-corrected chi connectivity index (χ4v) is 6.93. The van der Waals surface area contributed by atoms with E-state index in [0.29, 0.717) is 49.0 Å². The largest absolute Gasteiger partial charge is 0.493 e. The van der Waals surface area contributed by atoms with Crippen molar-refractivity contribution in [3.05, 3.63) is 113 Å². The lowest BCUT2D eigenvalue weighted by molar-refractivity contribution is -0.143. The Morgan fingerprint density at radius 2 is 1.59 bits per heavy atom. The maximum atomic E-state index is 14.3. The predicted octanol–water partition coefficient (Wildman–Crippen LogP) is 5.17. The van der Waals surface area contributed by atoms with E-state index >= 15 is 0 Å². The fourth-order valence-electron chi connectivity index (χ4n) is 5.61. The Morgan fingerprint density at radius 3 is 2.26 bits per heavy atom. The molecular formula is C39H39ClN2O11S. The van der Waals surface area contributed by atoms with Gasteiger partial charge in [0.1, 0.15) is 6.61 Å². The Kier molecular flexibility index (Phi) is 13.2. The lowest BCUT2D eigenvalue weighted by Gasteiger charge is -2.25. The normalized spacial score (nSPS) is 13.8. The molecule has 0 bridgehead atoms. The van der Waals surface area contributed by atoms with Crippen LogP contribution in [0.15, 0.2) is 75.7 Å². The number of methoxy groups -OCH3 is 2. The van der Waals surface area contributed by atoms with Crippen molar-refractivity contribution in [2.75, 3.05) is 40.6 Å². The van der Waals surface area contributed by atoms with Crippen LogP contribution in [0.1, 0.15) is 60.8 Å². The molecule has 54 heavy (non-hydrogen) atoms. The first kappa shape index (κ1) is 39.6. The summed E-state index contributed by atoms with van der Waals surface area (Å²) in [5.74, 6) is -0.386. The van der Waals surface area contributed by atoms with Crippen molar-refractivity contribution in [2.45, 2.75) is 40.3 Å². The molecule has 0 spiro atoms. The zero-order valence-electron chi connectivity index (χ0n) is 30.6. The summed E-state index contributed by atoms with van der Waals surface area (Å²) < 4.78 is 40.0.